The number of unbranched alkanes of at least 4 members (excludes halogenated alkanes) is 1. The van der Waals surface area contributed by atoms with Crippen molar-refractivity contribution in [3.8, 4) is 0 Å². The van der Waals surface area contributed by atoms with Gasteiger partial charge in [0.1, 0.15) is 0 Å². The molecule has 124 valence electrons. The maximum Gasteiger partial charge on any atom is 0.240 e. The molecule has 23 heavy (non-hydrogen) atoms. The van der Waals surface area contributed by atoms with Gasteiger partial charge in [0.15, 0.2) is 0 Å². The fraction of sp³-hybridized carbons (Fsp3) is 0.529. The van der Waals surface area contributed by atoms with Crippen LogP contribution in [0, 0.1) is 0 Å². The third kappa shape index (κ3) is 5.81. The van der Waals surface area contributed by atoms with E-state index in [9.17, 15) is 9.59 Å². The van der Waals surface area contributed by atoms with Crippen molar-refractivity contribution in [2.45, 2.75) is 57.9 Å². The molecule has 6 nitrogen and oxygen atoms in total. The highest BCUT2D eigenvalue weighted by Crippen LogP contribution is 2.19. The molecule has 0 fully saturated rings. The largest absolute Gasteiger partial charge is 0.349 e. The second kappa shape index (κ2) is 9.02. The van der Waals surface area contributed by atoms with E-state index in [1.807, 2.05) is 12.1 Å². The van der Waals surface area contributed by atoms with Gasteiger partial charge in [-0.15, -0.1) is 0 Å². The fourth-order valence-corrected chi connectivity index (χ4v) is 2.53. The number of rotatable bonds is 8. The number of aromatic nitrogens is 1. The van der Waals surface area contributed by atoms with Crippen molar-refractivity contribution in [2.24, 2.45) is 5.10 Å². The number of nitrogens with one attached hydrogen (secondary N) is 2. The van der Waals surface area contributed by atoms with Crippen LogP contribution in [0.5, 0.6) is 0 Å². The summed E-state index contributed by atoms with van der Waals surface area (Å²) in [6, 6.07) is 3.89. The quantitative estimate of drug-likeness (QED) is 0.773. The minimum Gasteiger partial charge on any atom is -0.349 e. The predicted molar refractivity (Wildman–Crippen MR) is 88.7 cm³/mol. The third-order valence-corrected chi connectivity index (χ3v) is 3.89. The number of hydrogen-bond acceptors (Lipinski definition) is 4. The van der Waals surface area contributed by atoms with Gasteiger partial charge in [-0.05, 0) is 30.9 Å². The van der Waals surface area contributed by atoms with Gasteiger partial charge in [-0.1, -0.05) is 25.8 Å². The molecule has 1 aromatic heterocycles. The number of nitrogens with zero attached hydrogens (tertiary/aromatic N) is 2. The summed E-state index contributed by atoms with van der Waals surface area (Å²) in [6.45, 7) is 2.14. The average Bonchev–Trinajstić information content (AvgIpc) is 2.59. The number of hydrazone groups is 1. The highest BCUT2D eigenvalue weighted by molar-refractivity contribution is 5.94. The number of hydrogen-bond donors (Lipinski definition) is 2. The monoisotopic (exact) mass is 316 g/mol. The van der Waals surface area contributed by atoms with E-state index < -0.39 is 0 Å². The van der Waals surface area contributed by atoms with Crippen molar-refractivity contribution in [1.29, 1.82) is 0 Å². The average molecular weight is 316 g/mol. The van der Waals surface area contributed by atoms with E-state index in [1.54, 1.807) is 12.4 Å². The Bertz CT molecular complexity index is 557. The minimum atomic E-state index is -0.0607. The fourth-order valence-electron chi connectivity index (χ4n) is 2.53. The lowest BCUT2D eigenvalue weighted by molar-refractivity contribution is -0.122. The van der Waals surface area contributed by atoms with Gasteiger partial charge in [0.05, 0.1) is 6.04 Å². The maximum atomic E-state index is 12.2. The highest BCUT2D eigenvalue weighted by atomic mass is 16.2. The highest BCUT2D eigenvalue weighted by Gasteiger charge is 2.16. The molecule has 2 amide bonds. The predicted octanol–water partition coefficient (Wildman–Crippen LogP) is 2.48. The molecule has 2 N–H and O–H groups in total. The Labute approximate surface area is 136 Å². The van der Waals surface area contributed by atoms with Crippen LogP contribution in [0.15, 0.2) is 29.6 Å². The van der Waals surface area contributed by atoms with Gasteiger partial charge < -0.3 is 5.32 Å². The molecule has 1 aromatic rings. The van der Waals surface area contributed by atoms with Gasteiger partial charge in [0, 0.05) is 30.9 Å². The van der Waals surface area contributed by atoms with Crippen molar-refractivity contribution in [1.82, 2.24) is 15.7 Å². The molecule has 0 unspecified atom stereocenters. The summed E-state index contributed by atoms with van der Waals surface area (Å²) >= 11 is 0. The van der Waals surface area contributed by atoms with Crippen LogP contribution in [-0.2, 0) is 9.59 Å². The summed E-state index contributed by atoms with van der Waals surface area (Å²) in [5.74, 6) is -0.0519. The van der Waals surface area contributed by atoms with E-state index in [0.29, 0.717) is 25.7 Å². The molecular formula is C17H24N4O2. The number of carbonyl (C=O) groups is 2. The normalized spacial score (nSPS) is 15.5. The first-order valence-corrected chi connectivity index (χ1v) is 8.22. The van der Waals surface area contributed by atoms with E-state index >= 15 is 0 Å². The topological polar surface area (TPSA) is 83.5 Å². The molecule has 1 aliphatic rings. The van der Waals surface area contributed by atoms with Crippen molar-refractivity contribution < 1.29 is 9.59 Å². The molecule has 2 rings (SSSR count). The van der Waals surface area contributed by atoms with Crippen LogP contribution in [0.2, 0.25) is 0 Å². The summed E-state index contributed by atoms with van der Waals surface area (Å²) in [6.07, 6.45) is 8.65. The molecule has 0 spiro atoms. The lowest BCUT2D eigenvalue weighted by Gasteiger charge is -2.19. The Balaban J connectivity index is 1.86. The van der Waals surface area contributed by atoms with Gasteiger partial charge in [-0.2, -0.15) is 5.10 Å². The van der Waals surface area contributed by atoms with Gasteiger partial charge >= 0.3 is 0 Å². The lowest BCUT2D eigenvalue weighted by Crippen LogP contribution is -2.30. The Morgan fingerprint density at radius 1 is 1.43 bits per heavy atom. The number of pyridine rings is 1. The summed E-state index contributed by atoms with van der Waals surface area (Å²) in [5, 5.41) is 7.09. The van der Waals surface area contributed by atoms with Crippen LogP contribution < -0.4 is 10.7 Å². The summed E-state index contributed by atoms with van der Waals surface area (Å²) in [7, 11) is 0. The Morgan fingerprint density at radius 3 is 2.96 bits per heavy atom. The maximum absolute atomic E-state index is 12.2. The van der Waals surface area contributed by atoms with Gasteiger partial charge in [0.25, 0.3) is 0 Å². The van der Waals surface area contributed by atoms with Crippen LogP contribution in [0.1, 0.15) is 63.5 Å². The van der Waals surface area contributed by atoms with Crippen LogP contribution in [-0.4, -0.2) is 22.5 Å². The Morgan fingerprint density at radius 2 is 2.30 bits per heavy atom. The zero-order valence-corrected chi connectivity index (χ0v) is 13.5. The van der Waals surface area contributed by atoms with E-state index in [0.717, 1.165) is 30.5 Å². The first kappa shape index (κ1) is 17.1. The first-order chi connectivity index (χ1) is 11.2. The standard InChI is InChI=1S/C17H24N4O2/c1-2-3-6-15(13-5-4-11-18-12-13)19-16(22)9-7-14-8-10-17(23)21-20-14/h4-5,11-12,15H,2-3,6-10H2,1H3,(H,19,22)(H,21,23)/t15-/m1/s1. The number of carbonyl (C=O) groups excluding carboxylic acids is 2. The van der Waals surface area contributed by atoms with Gasteiger partial charge in [-0.3, -0.25) is 14.6 Å². The van der Waals surface area contributed by atoms with Crippen LogP contribution in [0.25, 0.3) is 0 Å². The van der Waals surface area contributed by atoms with Crippen molar-refractivity contribution >= 4 is 17.5 Å². The molecule has 0 bridgehead atoms. The first-order valence-electron chi connectivity index (χ1n) is 8.22. The molecule has 0 saturated carbocycles. The van der Waals surface area contributed by atoms with E-state index in [-0.39, 0.29) is 17.9 Å². The molecule has 0 aromatic carbocycles. The van der Waals surface area contributed by atoms with Crippen molar-refractivity contribution in [2.75, 3.05) is 0 Å². The smallest absolute Gasteiger partial charge is 0.240 e. The van der Waals surface area contributed by atoms with E-state index in [4.69, 9.17) is 0 Å². The van der Waals surface area contributed by atoms with Gasteiger partial charge in [-0.25, -0.2) is 5.43 Å². The van der Waals surface area contributed by atoms with E-state index in [2.05, 4.69) is 27.8 Å². The molecule has 1 aliphatic heterocycles. The van der Waals surface area contributed by atoms with E-state index in [1.165, 1.54) is 0 Å². The summed E-state index contributed by atoms with van der Waals surface area (Å²) < 4.78 is 0. The third-order valence-electron chi connectivity index (χ3n) is 3.89. The second-order valence-corrected chi connectivity index (χ2v) is 5.76. The summed E-state index contributed by atoms with van der Waals surface area (Å²) in [5.41, 5.74) is 4.38. The number of amides is 2. The lowest BCUT2D eigenvalue weighted by atomic mass is 10.0. The zero-order valence-electron chi connectivity index (χ0n) is 13.5. The molecule has 2 heterocycles. The van der Waals surface area contributed by atoms with Crippen molar-refractivity contribution in [3.63, 3.8) is 0 Å². The van der Waals surface area contributed by atoms with Crippen LogP contribution in [0.4, 0.5) is 0 Å². The SMILES string of the molecule is CCCC[C@@H](NC(=O)CCC1=NNC(=O)CC1)c1cccnc1. The molecular weight excluding hydrogens is 292 g/mol. The van der Waals surface area contributed by atoms with Gasteiger partial charge in [0.2, 0.25) is 11.8 Å². The molecule has 0 saturated heterocycles. The minimum absolute atomic E-state index is 0.00384. The van der Waals surface area contributed by atoms with Crippen LogP contribution >= 0.6 is 0 Å². The van der Waals surface area contributed by atoms with Crippen LogP contribution in [0.3, 0.4) is 0 Å². The zero-order chi connectivity index (χ0) is 16.5. The van der Waals surface area contributed by atoms with Crippen molar-refractivity contribution in [3.05, 3.63) is 30.1 Å². The Kier molecular flexibility index (Phi) is 6.72. The molecule has 0 aliphatic carbocycles. The molecule has 0 radical (unpaired) electrons. The second-order valence-electron chi connectivity index (χ2n) is 5.76. The molecule has 1 atom stereocenters. The Hall–Kier alpha value is -2.24. The molecule has 6 heteroatoms. The summed E-state index contributed by atoms with van der Waals surface area (Å²) in [4.78, 5) is 27.4.